The van der Waals surface area contributed by atoms with Gasteiger partial charge < -0.3 is 20.5 Å². The molecule has 2 atom stereocenters. The number of methoxy groups -OCH3 is 1. The first-order valence-electron chi connectivity index (χ1n) is 15.4. The van der Waals surface area contributed by atoms with E-state index in [1.807, 2.05) is 0 Å². The Morgan fingerprint density at radius 3 is 2.27 bits per heavy atom. The molecule has 248 valence electrons. The first-order chi connectivity index (χ1) is 20.6. The second-order valence-electron chi connectivity index (χ2n) is 13.1. The zero-order chi connectivity index (χ0) is 34.0. The molecule has 6 nitrogen and oxygen atoms in total. The Kier molecular flexibility index (Phi) is 18.7. The van der Waals surface area contributed by atoms with Crippen molar-refractivity contribution in [3.63, 3.8) is 0 Å². The van der Waals surface area contributed by atoms with Crippen LogP contribution in [0.15, 0.2) is 49.1 Å². The van der Waals surface area contributed by atoms with Crippen molar-refractivity contribution in [1.29, 1.82) is 0 Å². The van der Waals surface area contributed by atoms with Crippen molar-refractivity contribution < 1.29 is 28.2 Å². The number of ether oxygens (including phenoxy) is 1. The Labute approximate surface area is 265 Å². The van der Waals surface area contributed by atoms with Gasteiger partial charge in [-0.3, -0.25) is 9.59 Å². The Bertz CT molecular complexity index is 1070. The van der Waals surface area contributed by atoms with E-state index in [4.69, 9.17) is 4.74 Å². The van der Waals surface area contributed by atoms with Crippen LogP contribution >= 0.6 is 0 Å². The highest BCUT2D eigenvalue weighted by atomic mass is 19.1. The van der Waals surface area contributed by atoms with E-state index in [1.165, 1.54) is 37.7 Å². The normalized spacial score (nSPS) is 15.9. The molecule has 8 heteroatoms. The van der Waals surface area contributed by atoms with Crippen LogP contribution in [0.2, 0.25) is 0 Å². The maximum atomic E-state index is 13.1. The lowest BCUT2D eigenvalue weighted by atomic mass is 9.74. The second kappa shape index (κ2) is 20.1. The minimum Gasteiger partial charge on any atom is -0.469 e. The molecule has 2 rings (SSSR count). The largest absolute Gasteiger partial charge is 0.469 e. The molecule has 0 heterocycles. The maximum Gasteiger partial charge on any atom is 0.305 e. The van der Waals surface area contributed by atoms with E-state index in [1.54, 1.807) is 13.8 Å². The standard InChI is InChI=1S/C31H49FN2O4.C3H5F.C2H2/c1-29(2,3)23-13-12-14-24(21-23)31(17-9-7-10-18-31)33-22-26(35)25(15-8-11-20-32)34-28(37)30(4,5)19-16-27(36)38-6;1-3(2)4;1-2/h11-14,20-21,25-26,33,35H,7-10,15-19,22H2,1-6H3,(H,34,37);1H2,2H3;1-2H/b20-11+;;. The number of benzene rings is 1. The summed E-state index contributed by atoms with van der Waals surface area (Å²) >= 11 is 0. The Morgan fingerprint density at radius 2 is 1.75 bits per heavy atom. The predicted molar refractivity (Wildman–Crippen MR) is 176 cm³/mol. The number of nitrogens with one attached hydrogen (secondary N) is 2. The minimum atomic E-state index is -0.868. The van der Waals surface area contributed by atoms with E-state index in [-0.39, 0.29) is 35.1 Å². The fraction of sp³-hybridized carbons (Fsp3) is 0.611. The molecule has 0 saturated heterocycles. The fourth-order valence-corrected chi connectivity index (χ4v) is 5.14. The van der Waals surface area contributed by atoms with Crippen molar-refractivity contribution in [1.82, 2.24) is 10.6 Å². The summed E-state index contributed by atoms with van der Waals surface area (Å²) in [6.07, 6.45) is 15.6. The van der Waals surface area contributed by atoms with Gasteiger partial charge in [0.15, 0.2) is 0 Å². The summed E-state index contributed by atoms with van der Waals surface area (Å²) in [5.74, 6) is -0.951. The number of allylic oxidation sites excluding steroid dienone is 2. The number of carbonyl (C=O) groups is 2. The van der Waals surface area contributed by atoms with Gasteiger partial charge in [-0.2, -0.15) is 0 Å². The van der Waals surface area contributed by atoms with Gasteiger partial charge in [-0.25, -0.2) is 8.78 Å². The summed E-state index contributed by atoms with van der Waals surface area (Å²) < 4.78 is 28.2. The molecule has 1 aliphatic carbocycles. The molecule has 1 aliphatic rings. The molecule has 1 aromatic carbocycles. The first-order valence-corrected chi connectivity index (χ1v) is 15.4. The van der Waals surface area contributed by atoms with Crippen LogP contribution in [0.1, 0.15) is 110 Å². The number of esters is 1. The summed E-state index contributed by atoms with van der Waals surface area (Å²) in [7, 11) is 1.33. The van der Waals surface area contributed by atoms with E-state index >= 15 is 0 Å². The van der Waals surface area contributed by atoms with Gasteiger partial charge in [0.05, 0.1) is 31.4 Å². The average molecular weight is 619 g/mol. The number of hydrogen-bond donors (Lipinski definition) is 3. The monoisotopic (exact) mass is 618 g/mol. The van der Waals surface area contributed by atoms with E-state index in [0.717, 1.165) is 25.7 Å². The smallest absolute Gasteiger partial charge is 0.305 e. The molecule has 1 aromatic rings. The van der Waals surface area contributed by atoms with Gasteiger partial charge in [-0.15, -0.1) is 12.8 Å². The van der Waals surface area contributed by atoms with Crippen LogP contribution in [-0.2, 0) is 25.3 Å². The lowest BCUT2D eigenvalue weighted by molar-refractivity contribution is -0.142. The van der Waals surface area contributed by atoms with Crippen LogP contribution in [0.3, 0.4) is 0 Å². The average Bonchev–Trinajstić information content (AvgIpc) is 2.99. The molecule has 0 bridgehead atoms. The topological polar surface area (TPSA) is 87.7 Å². The van der Waals surface area contributed by atoms with Crippen LogP contribution in [0.4, 0.5) is 8.78 Å². The van der Waals surface area contributed by atoms with Gasteiger partial charge in [0.1, 0.15) is 0 Å². The first kappa shape index (κ1) is 41.0. The number of halogens is 2. The van der Waals surface area contributed by atoms with Crippen molar-refractivity contribution in [2.45, 2.75) is 122 Å². The summed E-state index contributed by atoms with van der Waals surface area (Å²) in [6.45, 7) is 14.7. The quantitative estimate of drug-likeness (QED) is 0.157. The highest BCUT2D eigenvalue weighted by molar-refractivity contribution is 5.82. The molecule has 44 heavy (non-hydrogen) atoms. The summed E-state index contributed by atoms with van der Waals surface area (Å²) in [5, 5.41) is 18.0. The molecule has 3 N–H and O–H groups in total. The summed E-state index contributed by atoms with van der Waals surface area (Å²) in [6, 6.07) is 8.19. The number of aliphatic hydroxyl groups is 1. The van der Waals surface area contributed by atoms with Crippen molar-refractivity contribution >= 4 is 11.9 Å². The van der Waals surface area contributed by atoms with Gasteiger partial charge in [0.2, 0.25) is 5.91 Å². The Morgan fingerprint density at radius 1 is 1.16 bits per heavy atom. The summed E-state index contributed by atoms with van der Waals surface area (Å²) in [4.78, 5) is 24.7. The van der Waals surface area contributed by atoms with Crippen molar-refractivity contribution in [3.05, 3.63) is 60.2 Å². The number of hydrogen-bond acceptors (Lipinski definition) is 5. The van der Waals surface area contributed by atoms with Crippen molar-refractivity contribution in [2.75, 3.05) is 13.7 Å². The number of carbonyl (C=O) groups excluding carboxylic acids is 2. The fourth-order valence-electron chi connectivity index (χ4n) is 5.14. The highest BCUT2D eigenvalue weighted by Crippen LogP contribution is 2.38. The SMILES string of the molecule is C#C.C=C(C)F.COC(=O)CCC(C)(C)C(=O)NC(CC/C=C/F)C(O)CNC1(c2cccc(C(C)(C)C)c2)CCCCC1. The van der Waals surface area contributed by atoms with Crippen LogP contribution < -0.4 is 10.6 Å². The minimum absolute atomic E-state index is 0.0331. The van der Waals surface area contributed by atoms with E-state index < -0.39 is 17.6 Å². The predicted octanol–water partition coefficient (Wildman–Crippen LogP) is 7.56. The van der Waals surface area contributed by atoms with Gasteiger partial charge in [-0.05, 0) is 55.6 Å². The lowest BCUT2D eigenvalue weighted by Crippen LogP contribution is -2.54. The molecule has 1 fully saturated rings. The Hall–Kier alpha value is -3.02. The third-order valence-corrected chi connectivity index (χ3v) is 7.95. The molecule has 1 amide bonds. The molecular formula is C36H56F2N2O4. The van der Waals surface area contributed by atoms with Gasteiger partial charge in [0.25, 0.3) is 0 Å². The van der Waals surface area contributed by atoms with E-state index in [2.05, 4.69) is 75.1 Å². The summed E-state index contributed by atoms with van der Waals surface area (Å²) in [5.41, 5.74) is 1.48. The highest BCUT2D eigenvalue weighted by Gasteiger charge is 2.36. The van der Waals surface area contributed by atoms with Crippen LogP contribution in [0, 0.1) is 18.3 Å². The number of rotatable bonds is 13. The maximum absolute atomic E-state index is 13.1. The number of aliphatic hydroxyl groups excluding tert-OH is 1. The number of amides is 1. The molecular weight excluding hydrogens is 562 g/mol. The molecule has 0 radical (unpaired) electrons. The van der Waals surface area contributed by atoms with E-state index in [9.17, 15) is 23.5 Å². The molecule has 0 aliphatic heterocycles. The van der Waals surface area contributed by atoms with Crippen LogP contribution in [0.5, 0.6) is 0 Å². The molecule has 1 saturated carbocycles. The second-order valence-corrected chi connectivity index (χ2v) is 13.1. The van der Waals surface area contributed by atoms with E-state index in [0.29, 0.717) is 32.1 Å². The third-order valence-electron chi connectivity index (χ3n) is 7.95. The van der Waals surface area contributed by atoms with Crippen LogP contribution in [-0.4, -0.2) is 42.8 Å². The van der Waals surface area contributed by atoms with Crippen LogP contribution in [0.25, 0.3) is 0 Å². The zero-order valence-electron chi connectivity index (χ0n) is 28.0. The van der Waals surface area contributed by atoms with Crippen molar-refractivity contribution in [3.8, 4) is 12.8 Å². The third kappa shape index (κ3) is 14.6. The molecule has 0 aromatic heterocycles. The number of terminal acetylenes is 1. The molecule has 0 spiro atoms. The van der Waals surface area contributed by atoms with Crippen molar-refractivity contribution in [2.24, 2.45) is 5.41 Å². The lowest BCUT2D eigenvalue weighted by Gasteiger charge is -2.41. The van der Waals surface area contributed by atoms with Gasteiger partial charge in [-0.1, -0.05) is 90.8 Å². The van der Waals surface area contributed by atoms with Gasteiger partial charge >= 0.3 is 5.97 Å². The van der Waals surface area contributed by atoms with Gasteiger partial charge in [0, 0.05) is 23.9 Å². The Balaban J connectivity index is 0.00000284. The molecule has 2 unspecified atom stereocenters. The zero-order valence-corrected chi connectivity index (χ0v) is 28.0.